The highest BCUT2D eigenvalue weighted by atomic mass is 16.5. The molecule has 1 heterocycles. The minimum atomic E-state index is -0.579. The van der Waals surface area contributed by atoms with Crippen LogP contribution in [0.1, 0.15) is 31.6 Å². The summed E-state index contributed by atoms with van der Waals surface area (Å²) in [6.45, 7) is 4.18. The van der Waals surface area contributed by atoms with Crippen molar-refractivity contribution in [2.24, 2.45) is 0 Å². The normalized spacial score (nSPS) is 11.6. The van der Waals surface area contributed by atoms with E-state index in [4.69, 9.17) is 9.15 Å². The molecule has 6 nitrogen and oxygen atoms in total. The highest BCUT2D eigenvalue weighted by Crippen LogP contribution is 2.15. The Morgan fingerprint density at radius 1 is 1.24 bits per heavy atom. The van der Waals surface area contributed by atoms with Gasteiger partial charge in [-0.1, -0.05) is 19.1 Å². The van der Waals surface area contributed by atoms with Crippen molar-refractivity contribution in [1.29, 1.82) is 0 Å². The summed E-state index contributed by atoms with van der Waals surface area (Å²) >= 11 is 0. The molecule has 6 heteroatoms. The summed E-state index contributed by atoms with van der Waals surface area (Å²) in [7, 11) is 1.60. The summed E-state index contributed by atoms with van der Waals surface area (Å²) in [5.74, 6) is 1.13. The minimum Gasteiger partial charge on any atom is -0.497 e. The summed E-state index contributed by atoms with van der Waals surface area (Å²) in [5.41, 5.74) is 0.938. The van der Waals surface area contributed by atoms with Gasteiger partial charge in [0.2, 0.25) is 11.8 Å². The average Bonchev–Trinajstić information content (AvgIpc) is 3.17. The summed E-state index contributed by atoms with van der Waals surface area (Å²) in [5, 5.41) is 2.80. The van der Waals surface area contributed by atoms with Gasteiger partial charge in [0.1, 0.15) is 17.6 Å². The number of hydrogen-bond acceptors (Lipinski definition) is 4. The van der Waals surface area contributed by atoms with Crippen molar-refractivity contribution in [1.82, 2.24) is 10.2 Å². The van der Waals surface area contributed by atoms with Crippen LogP contribution in [0.4, 0.5) is 0 Å². The molecule has 1 N–H and O–H groups in total. The molecule has 1 atom stereocenters. The van der Waals surface area contributed by atoms with Gasteiger partial charge in [-0.05, 0) is 36.8 Å². The summed E-state index contributed by atoms with van der Waals surface area (Å²) in [6.07, 6.45) is 1.90. The number of ether oxygens (including phenoxy) is 1. The van der Waals surface area contributed by atoms with Crippen molar-refractivity contribution >= 4 is 11.8 Å². The first kappa shape index (κ1) is 18.6. The Morgan fingerprint density at radius 3 is 2.52 bits per heavy atom. The Morgan fingerprint density at radius 2 is 1.96 bits per heavy atom. The molecule has 0 fully saturated rings. The quantitative estimate of drug-likeness (QED) is 0.799. The van der Waals surface area contributed by atoms with Gasteiger partial charge in [-0.2, -0.15) is 0 Å². The predicted octanol–water partition coefficient (Wildman–Crippen LogP) is 2.73. The molecule has 2 rings (SSSR count). The Bertz CT molecular complexity index is 680. The van der Waals surface area contributed by atoms with E-state index in [0.29, 0.717) is 25.3 Å². The third-order valence-electron chi connectivity index (χ3n) is 4.00. The second-order valence-electron chi connectivity index (χ2n) is 5.70. The van der Waals surface area contributed by atoms with E-state index >= 15 is 0 Å². The van der Waals surface area contributed by atoms with Gasteiger partial charge >= 0.3 is 0 Å². The Kier molecular flexibility index (Phi) is 6.62. The molecule has 0 aliphatic carbocycles. The molecular weight excluding hydrogens is 320 g/mol. The topological polar surface area (TPSA) is 71.8 Å². The highest BCUT2D eigenvalue weighted by Gasteiger charge is 2.25. The van der Waals surface area contributed by atoms with Crippen LogP contribution in [0.2, 0.25) is 0 Å². The molecule has 0 saturated heterocycles. The number of hydrogen-bond donors (Lipinski definition) is 1. The molecule has 0 saturated carbocycles. The fraction of sp³-hybridized carbons (Fsp3) is 0.368. The number of nitrogens with one attached hydrogen (secondary N) is 1. The molecule has 1 aromatic heterocycles. The maximum Gasteiger partial charge on any atom is 0.242 e. The van der Waals surface area contributed by atoms with E-state index in [9.17, 15) is 9.59 Å². The Balaban J connectivity index is 2.03. The first-order valence-electron chi connectivity index (χ1n) is 8.27. The highest BCUT2D eigenvalue weighted by molar-refractivity contribution is 5.87. The summed E-state index contributed by atoms with van der Waals surface area (Å²) < 4.78 is 10.3. The molecule has 2 amide bonds. The first-order chi connectivity index (χ1) is 12.0. The van der Waals surface area contributed by atoms with Gasteiger partial charge in [-0.3, -0.25) is 9.59 Å². The standard InChI is InChI=1S/C19H24N2O4/c1-4-18(22)21(13-15-7-9-16(24-3)10-8-15)14(2)19(23)20-12-17-6-5-11-25-17/h5-11,14H,4,12-13H2,1-3H3,(H,20,23)/t14-/m1/s1. The van der Waals surface area contributed by atoms with Crippen molar-refractivity contribution < 1.29 is 18.7 Å². The minimum absolute atomic E-state index is 0.0727. The molecule has 0 spiro atoms. The third-order valence-corrected chi connectivity index (χ3v) is 4.00. The molecular formula is C19H24N2O4. The van der Waals surface area contributed by atoms with Crippen molar-refractivity contribution in [3.05, 3.63) is 54.0 Å². The van der Waals surface area contributed by atoms with E-state index in [0.717, 1.165) is 11.3 Å². The second-order valence-corrected chi connectivity index (χ2v) is 5.70. The number of nitrogens with zero attached hydrogens (tertiary/aromatic N) is 1. The number of benzene rings is 1. The van der Waals surface area contributed by atoms with Gasteiger partial charge in [0.05, 0.1) is 19.9 Å². The van der Waals surface area contributed by atoms with Gasteiger partial charge < -0.3 is 19.4 Å². The van der Waals surface area contributed by atoms with Gasteiger partial charge in [0.15, 0.2) is 0 Å². The van der Waals surface area contributed by atoms with Gasteiger partial charge in [-0.15, -0.1) is 0 Å². The van der Waals surface area contributed by atoms with Crippen molar-refractivity contribution in [3.63, 3.8) is 0 Å². The maximum atomic E-state index is 12.4. The third kappa shape index (κ3) is 5.11. The molecule has 0 radical (unpaired) electrons. The lowest BCUT2D eigenvalue weighted by molar-refractivity contribution is -0.140. The smallest absolute Gasteiger partial charge is 0.242 e. The van der Waals surface area contributed by atoms with Crippen LogP contribution in [-0.2, 0) is 22.7 Å². The molecule has 1 aromatic carbocycles. The molecule has 25 heavy (non-hydrogen) atoms. The van der Waals surface area contributed by atoms with Crippen LogP contribution < -0.4 is 10.1 Å². The monoisotopic (exact) mass is 344 g/mol. The van der Waals surface area contributed by atoms with E-state index in [1.807, 2.05) is 24.3 Å². The zero-order valence-corrected chi connectivity index (χ0v) is 14.8. The van der Waals surface area contributed by atoms with E-state index in [1.54, 1.807) is 44.3 Å². The first-order valence-corrected chi connectivity index (χ1v) is 8.27. The molecule has 0 unspecified atom stereocenters. The lowest BCUT2D eigenvalue weighted by Gasteiger charge is -2.28. The van der Waals surface area contributed by atoms with Crippen molar-refractivity contribution in [2.75, 3.05) is 7.11 Å². The van der Waals surface area contributed by atoms with Crippen LogP contribution in [0.15, 0.2) is 47.1 Å². The van der Waals surface area contributed by atoms with Crippen LogP contribution in [0.25, 0.3) is 0 Å². The fourth-order valence-electron chi connectivity index (χ4n) is 2.45. The van der Waals surface area contributed by atoms with E-state index < -0.39 is 6.04 Å². The zero-order chi connectivity index (χ0) is 18.2. The van der Waals surface area contributed by atoms with Crippen LogP contribution in [0.5, 0.6) is 5.75 Å². The number of rotatable bonds is 8. The summed E-state index contributed by atoms with van der Waals surface area (Å²) in [4.78, 5) is 26.3. The van der Waals surface area contributed by atoms with Gasteiger partial charge in [0.25, 0.3) is 0 Å². The van der Waals surface area contributed by atoms with E-state index in [1.165, 1.54) is 0 Å². The van der Waals surface area contributed by atoms with Gasteiger partial charge in [-0.25, -0.2) is 0 Å². The van der Waals surface area contributed by atoms with Crippen LogP contribution in [0.3, 0.4) is 0 Å². The Labute approximate surface area is 147 Å². The number of carbonyl (C=O) groups excluding carboxylic acids is 2. The van der Waals surface area contributed by atoms with Gasteiger partial charge in [0, 0.05) is 13.0 Å². The molecule has 0 aliphatic heterocycles. The lowest BCUT2D eigenvalue weighted by atomic mass is 10.1. The second kappa shape index (κ2) is 8.92. The lowest BCUT2D eigenvalue weighted by Crippen LogP contribution is -2.47. The number of furan rings is 1. The van der Waals surface area contributed by atoms with Crippen molar-refractivity contribution in [3.8, 4) is 5.75 Å². The van der Waals surface area contributed by atoms with E-state index in [2.05, 4.69) is 5.32 Å². The molecule has 0 aliphatic rings. The number of carbonyl (C=O) groups is 2. The predicted molar refractivity (Wildman–Crippen MR) is 93.9 cm³/mol. The molecule has 2 aromatic rings. The largest absolute Gasteiger partial charge is 0.497 e. The summed E-state index contributed by atoms with van der Waals surface area (Å²) in [6, 6.07) is 10.4. The van der Waals surface area contributed by atoms with Crippen LogP contribution in [0, 0.1) is 0 Å². The maximum absolute atomic E-state index is 12.4. The number of methoxy groups -OCH3 is 1. The van der Waals surface area contributed by atoms with Crippen molar-refractivity contribution in [2.45, 2.75) is 39.4 Å². The average molecular weight is 344 g/mol. The van der Waals surface area contributed by atoms with Crippen LogP contribution in [-0.4, -0.2) is 29.9 Å². The Hall–Kier alpha value is -2.76. The van der Waals surface area contributed by atoms with Crippen LogP contribution >= 0.6 is 0 Å². The SMILES string of the molecule is CCC(=O)N(Cc1ccc(OC)cc1)[C@H](C)C(=O)NCc1ccco1. The van der Waals surface area contributed by atoms with E-state index in [-0.39, 0.29) is 11.8 Å². The molecule has 134 valence electrons. The zero-order valence-electron chi connectivity index (χ0n) is 14.8. The number of amides is 2. The molecule has 0 bridgehead atoms. The fourth-order valence-corrected chi connectivity index (χ4v) is 2.45.